The highest BCUT2D eigenvalue weighted by molar-refractivity contribution is 5.76. The zero-order valence-electron chi connectivity index (χ0n) is 14.4. The van der Waals surface area contributed by atoms with E-state index in [1.54, 1.807) is 0 Å². The molecule has 1 aromatic rings. The highest BCUT2D eigenvalue weighted by Gasteiger charge is 2.23. The Kier molecular flexibility index (Phi) is 5.98. The van der Waals surface area contributed by atoms with Gasteiger partial charge >= 0.3 is 0 Å². The van der Waals surface area contributed by atoms with E-state index in [4.69, 9.17) is 0 Å². The molecule has 0 bridgehead atoms. The zero-order valence-corrected chi connectivity index (χ0v) is 14.4. The van der Waals surface area contributed by atoms with Crippen LogP contribution < -0.4 is 5.32 Å². The monoisotopic (exact) mass is 306 g/mol. The van der Waals surface area contributed by atoms with Crippen molar-refractivity contribution in [1.82, 2.24) is 20.1 Å². The van der Waals surface area contributed by atoms with Crippen molar-refractivity contribution in [2.24, 2.45) is 18.9 Å². The zero-order chi connectivity index (χ0) is 16.1. The summed E-state index contributed by atoms with van der Waals surface area (Å²) in [6.45, 7) is 7.10. The van der Waals surface area contributed by atoms with Gasteiger partial charge in [0.25, 0.3) is 0 Å². The molecule has 2 atom stereocenters. The lowest BCUT2D eigenvalue weighted by atomic mass is 9.78. The molecular weight excluding hydrogens is 276 g/mol. The number of aryl methyl sites for hydroxylation is 1. The van der Waals surface area contributed by atoms with Crippen LogP contribution >= 0.6 is 0 Å². The molecule has 1 aromatic heterocycles. The first-order chi connectivity index (χ1) is 10.5. The number of amides is 1. The standard InChI is InChI=1S/C17H30N4O/c1-12(2)17-19-15(21(4)20-17)9-10-18-16(22)11-14-8-6-5-7-13(14)3/h12-14H,5-11H2,1-4H3,(H,18,22). The van der Waals surface area contributed by atoms with Crippen LogP contribution in [0.15, 0.2) is 0 Å². The normalized spacial score (nSPS) is 22.0. The second-order valence-corrected chi connectivity index (χ2v) is 6.99. The van der Waals surface area contributed by atoms with Crippen LogP contribution in [-0.4, -0.2) is 27.2 Å². The molecule has 0 saturated heterocycles. The van der Waals surface area contributed by atoms with E-state index < -0.39 is 0 Å². The van der Waals surface area contributed by atoms with Gasteiger partial charge in [-0.2, -0.15) is 5.10 Å². The van der Waals surface area contributed by atoms with Gasteiger partial charge in [0.1, 0.15) is 5.82 Å². The summed E-state index contributed by atoms with van der Waals surface area (Å²) in [6.07, 6.45) is 6.49. The van der Waals surface area contributed by atoms with E-state index in [-0.39, 0.29) is 5.91 Å². The molecule has 0 radical (unpaired) electrons. The van der Waals surface area contributed by atoms with E-state index in [0.29, 0.717) is 30.7 Å². The van der Waals surface area contributed by atoms with E-state index in [1.807, 2.05) is 11.7 Å². The topological polar surface area (TPSA) is 59.8 Å². The van der Waals surface area contributed by atoms with Gasteiger partial charge in [-0.25, -0.2) is 4.98 Å². The van der Waals surface area contributed by atoms with Crippen molar-refractivity contribution >= 4 is 5.91 Å². The fourth-order valence-electron chi connectivity index (χ4n) is 3.22. The third kappa shape index (κ3) is 4.55. The minimum absolute atomic E-state index is 0.185. The number of carbonyl (C=O) groups is 1. The minimum Gasteiger partial charge on any atom is -0.356 e. The predicted octanol–water partition coefficient (Wildman–Crippen LogP) is 2.81. The number of nitrogens with one attached hydrogen (secondary N) is 1. The maximum absolute atomic E-state index is 12.1. The van der Waals surface area contributed by atoms with Crippen molar-refractivity contribution in [3.05, 3.63) is 11.6 Å². The Labute approximate surface area is 133 Å². The molecule has 1 amide bonds. The summed E-state index contributed by atoms with van der Waals surface area (Å²) in [5, 5.41) is 7.45. The second kappa shape index (κ2) is 7.75. The van der Waals surface area contributed by atoms with E-state index >= 15 is 0 Å². The van der Waals surface area contributed by atoms with Crippen molar-refractivity contribution < 1.29 is 4.79 Å². The van der Waals surface area contributed by atoms with Crippen LogP contribution in [-0.2, 0) is 18.3 Å². The Hall–Kier alpha value is -1.39. The lowest BCUT2D eigenvalue weighted by molar-refractivity contribution is -0.122. The molecule has 1 fully saturated rings. The lowest BCUT2D eigenvalue weighted by Gasteiger charge is -2.28. The number of hydrogen-bond acceptors (Lipinski definition) is 3. The first-order valence-corrected chi connectivity index (χ1v) is 8.64. The Morgan fingerprint density at radius 2 is 2.09 bits per heavy atom. The predicted molar refractivity (Wildman–Crippen MR) is 87.5 cm³/mol. The Balaban J connectivity index is 1.75. The average Bonchev–Trinajstić information content (AvgIpc) is 2.83. The van der Waals surface area contributed by atoms with Gasteiger partial charge < -0.3 is 5.32 Å². The third-order valence-corrected chi connectivity index (χ3v) is 4.79. The third-order valence-electron chi connectivity index (χ3n) is 4.79. The van der Waals surface area contributed by atoms with E-state index in [1.165, 1.54) is 25.7 Å². The maximum Gasteiger partial charge on any atom is 0.220 e. The van der Waals surface area contributed by atoms with Crippen LogP contribution in [0.2, 0.25) is 0 Å². The molecule has 1 heterocycles. The Morgan fingerprint density at radius 1 is 1.36 bits per heavy atom. The van der Waals surface area contributed by atoms with Crippen LogP contribution in [0.25, 0.3) is 0 Å². The SMILES string of the molecule is CC(C)c1nc(CCNC(=O)CC2CCCCC2C)n(C)n1. The number of carbonyl (C=O) groups excluding carboxylic acids is 1. The molecule has 0 aliphatic heterocycles. The molecule has 22 heavy (non-hydrogen) atoms. The summed E-state index contributed by atoms with van der Waals surface area (Å²) in [5.74, 6) is 3.59. The van der Waals surface area contributed by atoms with Gasteiger partial charge in [0.15, 0.2) is 5.82 Å². The van der Waals surface area contributed by atoms with Crippen LogP contribution in [0, 0.1) is 11.8 Å². The van der Waals surface area contributed by atoms with Crippen molar-refractivity contribution in [3.63, 3.8) is 0 Å². The van der Waals surface area contributed by atoms with Crippen LogP contribution in [0.1, 0.15) is 70.4 Å². The summed E-state index contributed by atoms with van der Waals surface area (Å²) >= 11 is 0. The van der Waals surface area contributed by atoms with Crippen molar-refractivity contribution in [3.8, 4) is 0 Å². The first kappa shape index (κ1) is 17.0. The molecule has 1 aliphatic carbocycles. The van der Waals surface area contributed by atoms with Crippen LogP contribution in [0.5, 0.6) is 0 Å². The molecule has 1 saturated carbocycles. The van der Waals surface area contributed by atoms with Gasteiger partial charge in [0.05, 0.1) is 0 Å². The molecule has 5 nitrogen and oxygen atoms in total. The van der Waals surface area contributed by atoms with Crippen LogP contribution in [0.4, 0.5) is 0 Å². The van der Waals surface area contributed by atoms with Crippen molar-refractivity contribution in [1.29, 1.82) is 0 Å². The van der Waals surface area contributed by atoms with Crippen LogP contribution in [0.3, 0.4) is 0 Å². The summed E-state index contributed by atoms with van der Waals surface area (Å²) < 4.78 is 1.82. The van der Waals surface area contributed by atoms with E-state index in [9.17, 15) is 4.79 Å². The molecule has 1 aliphatic rings. The molecule has 1 N–H and O–H groups in total. The first-order valence-electron chi connectivity index (χ1n) is 8.64. The fraction of sp³-hybridized carbons (Fsp3) is 0.824. The summed E-state index contributed by atoms with van der Waals surface area (Å²) in [4.78, 5) is 16.6. The molecule has 2 unspecified atom stereocenters. The van der Waals surface area contributed by atoms with Gasteiger partial charge in [-0.1, -0.05) is 40.0 Å². The Bertz CT molecular complexity index is 495. The smallest absolute Gasteiger partial charge is 0.220 e. The molecule has 0 spiro atoms. The lowest BCUT2D eigenvalue weighted by Crippen LogP contribution is -2.30. The number of nitrogens with zero attached hydrogens (tertiary/aromatic N) is 3. The largest absolute Gasteiger partial charge is 0.356 e. The highest BCUT2D eigenvalue weighted by Crippen LogP contribution is 2.31. The highest BCUT2D eigenvalue weighted by atomic mass is 16.1. The summed E-state index contributed by atoms with van der Waals surface area (Å²) in [7, 11) is 1.92. The molecule has 2 rings (SSSR count). The van der Waals surface area contributed by atoms with Gasteiger partial charge in [-0.15, -0.1) is 0 Å². The molecular formula is C17H30N4O. The maximum atomic E-state index is 12.1. The van der Waals surface area contributed by atoms with Crippen molar-refractivity contribution in [2.45, 2.75) is 65.2 Å². The average molecular weight is 306 g/mol. The number of hydrogen-bond donors (Lipinski definition) is 1. The van der Waals surface area contributed by atoms with Gasteiger partial charge in [-0.3, -0.25) is 9.48 Å². The van der Waals surface area contributed by atoms with Gasteiger partial charge in [0, 0.05) is 32.4 Å². The van der Waals surface area contributed by atoms with Gasteiger partial charge in [-0.05, 0) is 18.3 Å². The number of rotatable bonds is 6. The molecule has 124 valence electrons. The fourth-order valence-corrected chi connectivity index (χ4v) is 3.22. The van der Waals surface area contributed by atoms with Crippen molar-refractivity contribution in [2.75, 3.05) is 6.54 Å². The van der Waals surface area contributed by atoms with E-state index in [2.05, 4.69) is 36.2 Å². The summed E-state index contributed by atoms with van der Waals surface area (Å²) in [5.41, 5.74) is 0. The number of aromatic nitrogens is 3. The molecule has 5 heteroatoms. The second-order valence-electron chi connectivity index (χ2n) is 6.99. The molecule has 0 aromatic carbocycles. The van der Waals surface area contributed by atoms with E-state index in [0.717, 1.165) is 18.1 Å². The quantitative estimate of drug-likeness (QED) is 0.879. The minimum atomic E-state index is 0.185. The Morgan fingerprint density at radius 3 is 2.73 bits per heavy atom. The van der Waals surface area contributed by atoms with Gasteiger partial charge in [0.2, 0.25) is 5.91 Å². The summed E-state index contributed by atoms with van der Waals surface area (Å²) in [6, 6.07) is 0.